The van der Waals surface area contributed by atoms with Gasteiger partial charge in [-0.05, 0) is 52.0 Å². The topological polar surface area (TPSA) is 12.9 Å². The Morgan fingerprint density at radius 2 is 1.46 bits per heavy atom. The van der Waals surface area contributed by atoms with Crippen molar-refractivity contribution in [2.24, 2.45) is 0 Å². The average molecular weight is 346 g/mol. The molecule has 3 aromatic rings. The fourth-order valence-electron chi connectivity index (χ4n) is 3.44. The van der Waals surface area contributed by atoms with Crippen molar-refractivity contribution in [1.82, 2.24) is 4.98 Å². The second kappa shape index (κ2) is 6.87. The zero-order valence-corrected chi connectivity index (χ0v) is 17.1. The summed E-state index contributed by atoms with van der Waals surface area (Å²) in [5, 5.41) is 1.26. The Kier molecular flexibility index (Phi) is 4.92. The lowest BCUT2D eigenvalue weighted by Crippen LogP contribution is -2.18. The van der Waals surface area contributed by atoms with Crippen LogP contribution in [-0.4, -0.2) is 4.98 Å². The largest absolute Gasteiger partial charge is 0.256 e. The number of fused-ring (bicyclic) bond motifs is 1. The van der Waals surface area contributed by atoms with E-state index in [1.165, 1.54) is 27.6 Å². The third-order valence-corrected chi connectivity index (χ3v) is 6.21. The molecule has 0 bridgehead atoms. The van der Waals surface area contributed by atoms with Gasteiger partial charge >= 0.3 is 0 Å². The molecule has 0 N–H and O–H groups in total. The van der Waals surface area contributed by atoms with Crippen LogP contribution in [0.25, 0.3) is 22.0 Å². The van der Waals surface area contributed by atoms with Gasteiger partial charge in [0, 0.05) is 11.6 Å². The second-order valence-electron chi connectivity index (χ2n) is 8.62. The van der Waals surface area contributed by atoms with Crippen LogP contribution >= 0.6 is 0 Å². The summed E-state index contributed by atoms with van der Waals surface area (Å²) >= 11 is 0. The van der Waals surface area contributed by atoms with Gasteiger partial charge in [0.05, 0.1) is 5.52 Å². The maximum atomic E-state index is 4.89. The van der Waals surface area contributed by atoms with E-state index in [9.17, 15) is 0 Å². The number of pyridine rings is 1. The average Bonchev–Trinajstić information content (AvgIpc) is 2.67. The van der Waals surface area contributed by atoms with Gasteiger partial charge in [-0.15, -0.1) is 0 Å². The molecule has 1 aromatic heterocycles. The zero-order chi connectivity index (χ0) is 18.9. The molecule has 0 amide bonds. The molecule has 0 spiro atoms. The van der Waals surface area contributed by atoms with E-state index in [1.54, 1.807) is 0 Å². The predicted molar refractivity (Wildman–Crippen MR) is 114 cm³/mol. The molecule has 0 aliphatic carbocycles. The molecule has 0 saturated carbocycles. The number of rotatable bonds is 5. The van der Waals surface area contributed by atoms with Gasteiger partial charge in [-0.25, -0.2) is 0 Å². The minimum atomic E-state index is 0.0910. The Bertz CT molecular complexity index is 904. The van der Waals surface area contributed by atoms with E-state index >= 15 is 0 Å². The molecule has 0 fully saturated rings. The van der Waals surface area contributed by atoms with Crippen molar-refractivity contribution < 1.29 is 0 Å². The molecule has 26 heavy (non-hydrogen) atoms. The standard InChI is InChI=1S/C25H31N/c1-7-24(3,4)19-14-15-20-22(16-19)26-17-21(25(5,6)8-2)23(20)18-12-10-9-11-13-18/h9-17H,7-8H2,1-6H3. The van der Waals surface area contributed by atoms with E-state index < -0.39 is 0 Å². The van der Waals surface area contributed by atoms with Gasteiger partial charge < -0.3 is 0 Å². The van der Waals surface area contributed by atoms with Crippen LogP contribution in [0.15, 0.2) is 54.7 Å². The van der Waals surface area contributed by atoms with Crippen LogP contribution in [0, 0.1) is 0 Å². The highest BCUT2D eigenvalue weighted by molar-refractivity contribution is 5.96. The summed E-state index contributed by atoms with van der Waals surface area (Å²) in [6, 6.07) is 17.6. The summed E-state index contributed by atoms with van der Waals surface area (Å²) < 4.78 is 0. The van der Waals surface area contributed by atoms with Crippen molar-refractivity contribution in [3.05, 3.63) is 65.9 Å². The molecule has 0 atom stereocenters. The SMILES string of the molecule is CCC(C)(C)c1ccc2c(-c3ccccc3)c(C(C)(C)CC)cnc2c1. The maximum absolute atomic E-state index is 4.89. The molecular formula is C25H31N. The summed E-state index contributed by atoms with van der Waals surface area (Å²) in [5.74, 6) is 0. The van der Waals surface area contributed by atoms with Crippen molar-refractivity contribution in [3.63, 3.8) is 0 Å². The summed E-state index contributed by atoms with van der Waals surface area (Å²) in [7, 11) is 0. The lowest BCUT2D eigenvalue weighted by Gasteiger charge is -2.28. The minimum absolute atomic E-state index is 0.0910. The van der Waals surface area contributed by atoms with E-state index in [1.807, 2.05) is 0 Å². The van der Waals surface area contributed by atoms with Crippen LogP contribution in [0.2, 0.25) is 0 Å². The highest BCUT2D eigenvalue weighted by atomic mass is 14.7. The monoisotopic (exact) mass is 345 g/mol. The molecule has 0 aliphatic heterocycles. The smallest absolute Gasteiger partial charge is 0.0711 e. The zero-order valence-electron chi connectivity index (χ0n) is 17.1. The number of nitrogens with zero attached hydrogens (tertiary/aromatic N) is 1. The first-order valence-electron chi connectivity index (χ1n) is 9.79. The van der Waals surface area contributed by atoms with Crippen LogP contribution in [-0.2, 0) is 10.8 Å². The Hall–Kier alpha value is -2.15. The van der Waals surface area contributed by atoms with Gasteiger partial charge in [-0.2, -0.15) is 0 Å². The van der Waals surface area contributed by atoms with Crippen LogP contribution in [0.4, 0.5) is 0 Å². The fraction of sp³-hybridized carbons (Fsp3) is 0.400. The highest BCUT2D eigenvalue weighted by Gasteiger charge is 2.25. The van der Waals surface area contributed by atoms with Crippen molar-refractivity contribution in [3.8, 4) is 11.1 Å². The van der Waals surface area contributed by atoms with Gasteiger partial charge in [0.1, 0.15) is 0 Å². The Morgan fingerprint density at radius 1 is 0.808 bits per heavy atom. The molecule has 0 saturated heterocycles. The van der Waals surface area contributed by atoms with Crippen LogP contribution in [0.5, 0.6) is 0 Å². The van der Waals surface area contributed by atoms with E-state index in [-0.39, 0.29) is 10.8 Å². The quantitative estimate of drug-likeness (QED) is 0.473. The normalized spacial score (nSPS) is 12.5. The van der Waals surface area contributed by atoms with Crippen molar-refractivity contribution in [2.75, 3.05) is 0 Å². The number of aromatic nitrogens is 1. The summed E-state index contributed by atoms with van der Waals surface area (Å²) in [4.78, 5) is 4.89. The van der Waals surface area contributed by atoms with Gasteiger partial charge in [0.2, 0.25) is 0 Å². The van der Waals surface area contributed by atoms with Crippen molar-refractivity contribution >= 4 is 10.9 Å². The molecule has 3 rings (SSSR count). The van der Waals surface area contributed by atoms with Crippen LogP contribution in [0.3, 0.4) is 0 Å². The molecule has 1 heterocycles. The Morgan fingerprint density at radius 3 is 2.08 bits per heavy atom. The summed E-state index contributed by atoms with van der Waals surface area (Å²) in [6.45, 7) is 13.8. The molecule has 1 heteroatoms. The van der Waals surface area contributed by atoms with E-state index in [2.05, 4.69) is 96.3 Å². The maximum Gasteiger partial charge on any atom is 0.0711 e. The highest BCUT2D eigenvalue weighted by Crippen LogP contribution is 2.40. The fourth-order valence-corrected chi connectivity index (χ4v) is 3.44. The van der Waals surface area contributed by atoms with Gasteiger partial charge in [0.25, 0.3) is 0 Å². The van der Waals surface area contributed by atoms with E-state index in [4.69, 9.17) is 4.98 Å². The van der Waals surface area contributed by atoms with Gasteiger partial charge in [-0.1, -0.05) is 84.0 Å². The number of hydrogen-bond acceptors (Lipinski definition) is 1. The number of hydrogen-bond donors (Lipinski definition) is 0. The summed E-state index contributed by atoms with van der Waals surface area (Å²) in [6.07, 6.45) is 4.31. The number of benzene rings is 2. The Labute approximate surface area is 158 Å². The molecule has 136 valence electrons. The van der Waals surface area contributed by atoms with Crippen molar-refractivity contribution in [1.29, 1.82) is 0 Å². The third-order valence-electron chi connectivity index (χ3n) is 6.21. The lowest BCUT2D eigenvalue weighted by molar-refractivity contribution is 0.505. The lowest BCUT2D eigenvalue weighted by atomic mass is 9.77. The third kappa shape index (κ3) is 3.28. The summed E-state index contributed by atoms with van der Waals surface area (Å²) in [5.41, 5.74) is 6.67. The van der Waals surface area contributed by atoms with Crippen LogP contribution in [0.1, 0.15) is 65.5 Å². The minimum Gasteiger partial charge on any atom is -0.256 e. The Balaban J connectivity index is 2.33. The molecule has 0 radical (unpaired) electrons. The predicted octanol–water partition coefficient (Wildman–Crippen LogP) is 7.28. The molecule has 1 nitrogen and oxygen atoms in total. The molecular weight excluding hydrogens is 314 g/mol. The van der Waals surface area contributed by atoms with E-state index in [0.717, 1.165) is 18.4 Å². The van der Waals surface area contributed by atoms with Gasteiger partial charge in [-0.3, -0.25) is 4.98 Å². The van der Waals surface area contributed by atoms with Crippen LogP contribution < -0.4 is 0 Å². The molecule has 2 aromatic carbocycles. The van der Waals surface area contributed by atoms with Crippen molar-refractivity contribution in [2.45, 2.75) is 65.2 Å². The first kappa shape index (κ1) is 18.6. The second-order valence-corrected chi connectivity index (χ2v) is 8.62. The first-order chi connectivity index (χ1) is 12.3. The molecule has 0 aliphatic rings. The van der Waals surface area contributed by atoms with E-state index in [0.29, 0.717) is 0 Å². The van der Waals surface area contributed by atoms with Gasteiger partial charge in [0.15, 0.2) is 0 Å². The molecule has 0 unspecified atom stereocenters. The first-order valence-corrected chi connectivity index (χ1v) is 9.79.